The van der Waals surface area contributed by atoms with E-state index in [-0.39, 0.29) is 24.6 Å². The molecular formula is C13H22N4O2. The highest BCUT2D eigenvalue weighted by Crippen LogP contribution is 2.12. The standard InChI is InChI=1S/C13H22N4O2/c1-9(2)11(8-18)15-13(19)16-12-6-5-10(7-14-12)17(3)4/h5-7,9,11,18H,8H2,1-4H3,(H2,14,15,16,19)/t11-/m1/s1. The van der Waals surface area contributed by atoms with E-state index < -0.39 is 0 Å². The fourth-order valence-corrected chi connectivity index (χ4v) is 1.47. The monoisotopic (exact) mass is 266 g/mol. The Morgan fingerprint density at radius 3 is 2.53 bits per heavy atom. The molecule has 106 valence electrons. The Bertz CT molecular complexity index is 404. The predicted molar refractivity (Wildman–Crippen MR) is 76.4 cm³/mol. The molecule has 6 heteroatoms. The highest BCUT2D eigenvalue weighted by atomic mass is 16.3. The van der Waals surface area contributed by atoms with Crippen LogP contribution in [0.4, 0.5) is 16.3 Å². The van der Waals surface area contributed by atoms with E-state index in [9.17, 15) is 4.79 Å². The van der Waals surface area contributed by atoms with Crippen LogP contribution >= 0.6 is 0 Å². The zero-order chi connectivity index (χ0) is 14.4. The summed E-state index contributed by atoms with van der Waals surface area (Å²) in [6.45, 7) is 3.79. The molecule has 1 aromatic rings. The molecule has 0 fully saturated rings. The van der Waals surface area contributed by atoms with Crippen molar-refractivity contribution in [1.29, 1.82) is 0 Å². The summed E-state index contributed by atoms with van der Waals surface area (Å²) in [6.07, 6.45) is 1.68. The van der Waals surface area contributed by atoms with E-state index in [1.54, 1.807) is 12.3 Å². The van der Waals surface area contributed by atoms with Crippen LogP contribution in [0.25, 0.3) is 0 Å². The molecule has 3 N–H and O–H groups in total. The third-order valence-corrected chi connectivity index (χ3v) is 2.82. The van der Waals surface area contributed by atoms with Crippen molar-refractivity contribution in [2.75, 3.05) is 30.9 Å². The van der Waals surface area contributed by atoms with Gasteiger partial charge in [-0.1, -0.05) is 13.8 Å². The van der Waals surface area contributed by atoms with Crippen LogP contribution in [-0.4, -0.2) is 42.9 Å². The highest BCUT2D eigenvalue weighted by molar-refractivity contribution is 5.88. The maximum atomic E-state index is 11.7. The molecular weight excluding hydrogens is 244 g/mol. The summed E-state index contributed by atoms with van der Waals surface area (Å²) in [4.78, 5) is 17.8. The second kappa shape index (κ2) is 6.94. The first-order valence-electron chi connectivity index (χ1n) is 6.25. The molecule has 0 spiro atoms. The lowest BCUT2D eigenvalue weighted by Gasteiger charge is -2.20. The number of hydrogen-bond acceptors (Lipinski definition) is 4. The van der Waals surface area contributed by atoms with Crippen LogP contribution < -0.4 is 15.5 Å². The third kappa shape index (κ3) is 4.75. The van der Waals surface area contributed by atoms with Gasteiger partial charge < -0.3 is 15.3 Å². The van der Waals surface area contributed by atoms with Gasteiger partial charge in [0.15, 0.2) is 0 Å². The lowest BCUT2D eigenvalue weighted by molar-refractivity contribution is 0.204. The van der Waals surface area contributed by atoms with Crippen LogP contribution in [-0.2, 0) is 0 Å². The molecule has 0 saturated carbocycles. The Balaban J connectivity index is 2.57. The van der Waals surface area contributed by atoms with E-state index >= 15 is 0 Å². The zero-order valence-corrected chi connectivity index (χ0v) is 11.8. The SMILES string of the molecule is CC(C)[C@@H](CO)NC(=O)Nc1ccc(N(C)C)cn1. The number of hydrogen-bond donors (Lipinski definition) is 3. The number of rotatable bonds is 5. The van der Waals surface area contributed by atoms with Gasteiger partial charge in [0.1, 0.15) is 5.82 Å². The van der Waals surface area contributed by atoms with Gasteiger partial charge >= 0.3 is 6.03 Å². The van der Waals surface area contributed by atoms with Crippen LogP contribution in [0.5, 0.6) is 0 Å². The third-order valence-electron chi connectivity index (χ3n) is 2.82. The molecule has 0 bridgehead atoms. The maximum absolute atomic E-state index is 11.7. The van der Waals surface area contributed by atoms with Gasteiger partial charge in [-0.05, 0) is 18.1 Å². The summed E-state index contributed by atoms with van der Waals surface area (Å²) < 4.78 is 0. The molecule has 0 saturated heterocycles. The van der Waals surface area contributed by atoms with Crippen molar-refractivity contribution in [2.45, 2.75) is 19.9 Å². The lowest BCUT2D eigenvalue weighted by atomic mass is 10.1. The van der Waals surface area contributed by atoms with Gasteiger partial charge in [-0.2, -0.15) is 0 Å². The number of nitrogens with zero attached hydrogens (tertiary/aromatic N) is 2. The first-order valence-corrected chi connectivity index (χ1v) is 6.25. The van der Waals surface area contributed by atoms with Gasteiger partial charge in [-0.25, -0.2) is 9.78 Å². The minimum atomic E-state index is -0.363. The second-order valence-corrected chi connectivity index (χ2v) is 4.93. The molecule has 0 aliphatic carbocycles. The molecule has 0 aliphatic heterocycles. The summed E-state index contributed by atoms with van der Waals surface area (Å²) in [7, 11) is 3.84. The average molecular weight is 266 g/mol. The minimum Gasteiger partial charge on any atom is -0.394 e. The Morgan fingerprint density at radius 2 is 2.11 bits per heavy atom. The van der Waals surface area contributed by atoms with Crippen molar-refractivity contribution in [3.63, 3.8) is 0 Å². The molecule has 1 aromatic heterocycles. The maximum Gasteiger partial charge on any atom is 0.320 e. The molecule has 0 unspecified atom stereocenters. The number of amides is 2. The highest BCUT2D eigenvalue weighted by Gasteiger charge is 2.15. The first-order chi connectivity index (χ1) is 8.93. The molecule has 0 aliphatic rings. The van der Waals surface area contributed by atoms with Crippen LogP contribution in [0, 0.1) is 5.92 Å². The molecule has 2 amide bonds. The molecule has 1 rings (SSSR count). The van der Waals surface area contributed by atoms with Crippen LogP contribution in [0.3, 0.4) is 0 Å². The number of nitrogens with one attached hydrogen (secondary N) is 2. The van der Waals surface area contributed by atoms with Crippen LogP contribution in [0.1, 0.15) is 13.8 Å². The predicted octanol–water partition coefficient (Wildman–Crippen LogP) is 1.29. The number of carbonyl (C=O) groups excluding carboxylic acids is 1. The van der Waals surface area contributed by atoms with E-state index in [0.29, 0.717) is 5.82 Å². The lowest BCUT2D eigenvalue weighted by Crippen LogP contribution is -2.43. The van der Waals surface area contributed by atoms with Crippen molar-refractivity contribution in [1.82, 2.24) is 10.3 Å². The molecule has 1 heterocycles. The quantitative estimate of drug-likeness (QED) is 0.750. The van der Waals surface area contributed by atoms with Crippen molar-refractivity contribution in [2.24, 2.45) is 5.92 Å². The normalized spacial score (nSPS) is 12.1. The van der Waals surface area contributed by atoms with E-state index in [2.05, 4.69) is 15.6 Å². The van der Waals surface area contributed by atoms with E-state index in [1.807, 2.05) is 38.9 Å². The van der Waals surface area contributed by atoms with Crippen molar-refractivity contribution in [3.8, 4) is 0 Å². The van der Waals surface area contributed by atoms with E-state index in [4.69, 9.17) is 5.11 Å². The molecule has 0 aromatic carbocycles. The number of urea groups is 1. The molecule has 1 atom stereocenters. The topological polar surface area (TPSA) is 77.5 Å². The Hall–Kier alpha value is -1.82. The number of anilines is 2. The van der Waals surface area contributed by atoms with Gasteiger partial charge in [0.25, 0.3) is 0 Å². The molecule has 19 heavy (non-hydrogen) atoms. The van der Waals surface area contributed by atoms with Gasteiger partial charge in [-0.3, -0.25) is 5.32 Å². The zero-order valence-electron chi connectivity index (χ0n) is 11.8. The van der Waals surface area contributed by atoms with Crippen LogP contribution in [0.15, 0.2) is 18.3 Å². The number of aliphatic hydroxyl groups is 1. The van der Waals surface area contributed by atoms with Crippen molar-refractivity contribution >= 4 is 17.5 Å². The summed E-state index contributed by atoms with van der Waals surface area (Å²) in [6, 6.07) is 2.98. The van der Waals surface area contributed by atoms with Gasteiger partial charge in [-0.15, -0.1) is 0 Å². The summed E-state index contributed by atoms with van der Waals surface area (Å²) in [5, 5.41) is 14.5. The smallest absolute Gasteiger partial charge is 0.320 e. The van der Waals surface area contributed by atoms with Gasteiger partial charge in [0.2, 0.25) is 0 Å². The summed E-state index contributed by atoms with van der Waals surface area (Å²) in [5.41, 5.74) is 0.960. The minimum absolute atomic E-state index is 0.0852. The Kier molecular flexibility index (Phi) is 5.57. The number of aliphatic hydroxyl groups excluding tert-OH is 1. The van der Waals surface area contributed by atoms with E-state index in [0.717, 1.165) is 5.69 Å². The fraction of sp³-hybridized carbons (Fsp3) is 0.538. The van der Waals surface area contributed by atoms with Gasteiger partial charge in [0, 0.05) is 14.1 Å². The number of carbonyl (C=O) groups is 1. The first kappa shape index (κ1) is 15.2. The largest absolute Gasteiger partial charge is 0.394 e. The Morgan fingerprint density at radius 1 is 1.42 bits per heavy atom. The molecule has 0 radical (unpaired) electrons. The van der Waals surface area contributed by atoms with Gasteiger partial charge in [0.05, 0.1) is 24.5 Å². The molecule has 6 nitrogen and oxygen atoms in total. The summed E-state index contributed by atoms with van der Waals surface area (Å²) >= 11 is 0. The second-order valence-electron chi connectivity index (χ2n) is 4.93. The number of aromatic nitrogens is 1. The fourth-order valence-electron chi connectivity index (χ4n) is 1.47. The van der Waals surface area contributed by atoms with Crippen molar-refractivity contribution in [3.05, 3.63) is 18.3 Å². The van der Waals surface area contributed by atoms with E-state index in [1.165, 1.54) is 0 Å². The Labute approximate surface area is 113 Å². The summed E-state index contributed by atoms with van der Waals surface area (Å²) in [5.74, 6) is 0.642. The number of pyridine rings is 1. The van der Waals surface area contributed by atoms with Crippen LogP contribution in [0.2, 0.25) is 0 Å². The average Bonchev–Trinajstić information content (AvgIpc) is 2.36. The van der Waals surface area contributed by atoms with Crippen molar-refractivity contribution < 1.29 is 9.90 Å².